The molecule has 3 rings (SSSR count). The predicted molar refractivity (Wildman–Crippen MR) is 115 cm³/mol. The van der Waals surface area contributed by atoms with Gasteiger partial charge in [-0.1, -0.05) is 32.0 Å². The summed E-state index contributed by atoms with van der Waals surface area (Å²) < 4.78 is 0. The summed E-state index contributed by atoms with van der Waals surface area (Å²) in [6, 6.07) is 11.7. The van der Waals surface area contributed by atoms with E-state index in [9.17, 15) is 9.59 Å². The fraction of sp³-hybridized carbons (Fsp3) is 0.455. The molecule has 0 spiro atoms. The highest BCUT2D eigenvalue weighted by molar-refractivity contribution is 7.10. The first-order valence-electron chi connectivity index (χ1n) is 9.90. The lowest BCUT2D eigenvalue weighted by atomic mass is 9.95. The summed E-state index contributed by atoms with van der Waals surface area (Å²) in [5.41, 5.74) is 1.89. The van der Waals surface area contributed by atoms with Gasteiger partial charge < -0.3 is 15.5 Å². The van der Waals surface area contributed by atoms with Crippen LogP contribution in [0.3, 0.4) is 0 Å². The Kier molecular flexibility index (Phi) is 6.73. The van der Waals surface area contributed by atoms with Crippen molar-refractivity contribution in [3.8, 4) is 0 Å². The van der Waals surface area contributed by atoms with Gasteiger partial charge in [0, 0.05) is 23.7 Å². The van der Waals surface area contributed by atoms with E-state index in [4.69, 9.17) is 0 Å². The molecule has 2 heterocycles. The van der Waals surface area contributed by atoms with Crippen molar-refractivity contribution >= 4 is 29.0 Å². The predicted octanol–water partition coefficient (Wildman–Crippen LogP) is 4.81. The van der Waals surface area contributed by atoms with Crippen LogP contribution in [-0.4, -0.2) is 29.9 Å². The van der Waals surface area contributed by atoms with Crippen molar-refractivity contribution in [3.63, 3.8) is 0 Å². The number of piperidine rings is 1. The average molecular weight is 400 g/mol. The van der Waals surface area contributed by atoms with E-state index in [0.29, 0.717) is 19.0 Å². The Hall–Kier alpha value is -2.34. The van der Waals surface area contributed by atoms with E-state index in [2.05, 4.69) is 30.5 Å². The number of thiophene rings is 1. The number of hydrogen-bond donors (Lipinski definition) is 2. The zero-order valence-electron chi connectivity index (χ0n) is 16.8. The van der Waals surface area contributed by atoms with Crippen molar-refractivity contribution in [2.45, 2.75) is 39.7 Å². The van der Waals surface area contributed by atoms with Crippen molar-refractivity contribution in [2.24, 2.45) is 11.8 Å². The lowest BCUT2D eigenvalue weighted by Crippen LogP contribution is -2.47. The number of nitrogens with zero attached hydrogens (tertiary/aromatic N) is 1. The number of benzene rings is 1. The minimum atomic E-state index is -0.168. The number of rotatable bonds is 5. The monoisotopic (exact) mass is 399 g/mol. The molecule has 150 valence electrons. The van der Waals surface area contributed by atoms with E-state index in [-0.39, 0.29) is 23.9 Å². The average Bonchev–Trinajstić information content (AvgIpc) is 3.20. The van der Waals surface area contributed by atoms with Gasteiger partial charge in [-0.05, 0) is 54.8 Å². The van der Waals surface area contributed by atoms with E-state index >= 15 is 0 Å². The standard InChI is InChI=1S/C22H29N3O2S/c1-15(2)20(19-10-6-12-28-19)24-21(26)17-8-5-11-25(14-17)22(27)23-18-9-4-7-16(3)13-18/h4,6-7,9-10,12-13,15,17,20H,5,8,11,14H2,1-3H3,(H,23,27)(H,24,26). The van der Waals surface area contributed by atoms with E-state index in [1.165, 1.54) is 4.88 Å². The smallest absolute Gasteiger partial charge is 0.321 e. The number of carbonyl (C=O) groups is 2. The van der Waals surface area contributed by atoms with Crippen LogP contribution in [-0.2, 0) is 4.79 Å². The number of hydrogen-bond acceptors (Lipinski definition) is 3. The molecule has 6 heteroatoms. The van der Waals surface area contributed by atoms with E-state index in [0.717, 1.165) is 24.1 Å². The van der Waals surface area contributed by atoms with Gasteiger partial charge in [0.15, 0.2) is 0 Å². The molecular weight excluding hydrogens is 370 g/mol. The highest BCUT2D eigenvalue weighted by Crippen LogP contribution is 2.27. The molecule has 1 fully saturated rings. The number of anilines is 1. The quantitative estimate of drug-likeness (QED) is 0.758. The Morgan fingerprint density at radius 1 is 1.21 bits per heavy atom. The van der Waals surface area contributed by atoms with Gasteiger partial charge >= 0.3 is 6.03 Å². The second-order valence-corrected chi connectivity index (χ2v) is 8.81. The highest BCUT2D eigenvalue weighted by Gasteiger charge is 2.30. The second kappa shape index (κ2) is 9.24. The molecule has 0 aliphatic carbocycles. The summed E-state index contributed by atoms with van der Waals surface area (Å²) in [7, 11) is 0. The van der Waals surface area contributed by atoms with Crippen molar-refractivity contribution in [3.05, 3.63) is 52.2 Å². The first kappa shape index (κ1) is 20.4. The molecule has 2 aromatic rings. The van der Waals surface area contributed by atoms with Gasteiger partial charge in [0.2, 0.25) is 5.91 Å². The van der Waals surface area contributed by atoms with E-state index in [1.807, 2.05) is 42.6 Å². The molecule has 5 nitrogen and oxygen atoms in total. The molecule has 28 heavy (non-hydrogen) atoms. The largest absolute Gasteiger partial charge is 0.348 e. The maximum Gasteiger partial charge on any atom is 0.321 e. The Balaban J connectivity index is 1.60. The van der Waals surface area contributed by atoms with Gasteiger partial charge in [-0.2, -0.15) is 0 Å². The molecule has 1 aliphatic rings. The summed E-state index contributed by atoms with van der Waals surface area (Å²) in [5, 5.41) is 8.21. The van der Waals surface area contributed by atoms with Crippen LogP contribution < -0.4 is 10.6 Å². The molecule has 1 aromatic carbocycles. The SMILES string of the molecule is Cc1cccc(NC(=O)N2CCCC(C(=O)NC(c3cccs3)C(C)C)C2)c1. The zero-order valence-corrected chi connectivity index (χ0v) is 17.6. The van der Waals surface area contributed by atoms with Gasteiger partial charge in [0.05, 0.1) is 12.0 Å². The summed E-state index contributed by atoms with van der Waals surface area (Å²) in [6.45, 7) is 7.37. The topological polar surface area (TPSA) is 61.4 Å². The number of nitrogens with one attached hydrogen (secondary N) is 2. The van der Waals surface area contributed by atoms with Crippen LogP contribution in [0, 0.1) is 18.8 Å². The molecule has 3 amide bonds. The van der Waals surface area contributed by atoms with Gasteiger partial charge in [-0.25, -0.2) is 4.79 Å². The van der Waals surface area contributed by atoms with E-state index < -0.39 is 0 Å². The van der Waals surface area contributed by atoms with Gasteiger partial charge in [-0.15, -0.1) is 11.3 Å². The molecule has 2 atom stereocenters. The molecule has 2 unspecified atom stereocenters. The van der Waals surface area contributed by atoms with Crippen molar-refractivity contribution in [2.75, 3.05) is 18.4 Å². The maximum atomic E-state index is 12.9. The first-order valence-corrected chi connectivity index (χ1v) is 10.8. The maximum absolute atomic E-state index is 12.9. The minimum Gasteiger partial charge on any atom is -0.348 e. The fourth-order valence-corrected chi connectivity index (χ4v) is 4.56. The van der Waals surface area contributed by atoms with Crippen LogP contribution in [0.15, 0.2) is 41.8 Å². The molecular formula is C22H29N3O2S. The summed E-state index contributed by atoms with van der Waals surface area (Å²) in [6.07, 6.45) is 1.65. The third kappa shape index (κ3) is 5.13. The lowest BCUT2D eigenvalue weighted by Gasteiger charge is -2.33. The van der Waals surface area contributed by atoms with E-state index in [1.54, 1.807) is 16.2 Å². The summed E-state index contributed by atoms with van der Waals surface area (Å²) >= 11 is 1.67. The van der Waals surface area contributed by atoms with Gasteiger partial charge in [-0.3, -0.25) is 4.79 Å². The molecule has 0 radical (unpaired) electrons. The first-order chi connectivity index (χ1) is 13.4. The molecule has 0 saturated carbocycles. The van der Waals surface area contributed by atoms with Crippen LogP contribution in [0.4, 0.5) is 10.5 Å². The highest BCUT2D eigenvalue weighted by atomic mass is 32.1. The van der Waals surface area contributed by atoms with Crippen molar-refractivity contribution in [1.82, 2.24) is 10.2 Å². The fourth-order valence-electron chi connectivity index (χ4n) is 3.61. The Morgan fingerprint density at radius 3 is 2.71 bits per heavy atom. The molecule has 0 bridgehead atoms. The second-order valence-electron chi connectivity index (χ2n) is 7.83. The van der Waals surface area contributed by atoms with Gasteiger partial charge in [0.25, 0.3) is 0 Å². The van der Waals surface area contributed by atoms with Crippen LogP contribution in [0.25, 0.3) is 0 Å². The third-order valence-electron chi connectivity index (χ3n) is 5.16. The molecule has 1 aliphatic heterocycles. The summed E-state index contributed by atoms with van der Waals surface area (Å²) in [5.74, 6) is 0.185. The lowest BCUT2D eigenvalue weighted by molar-refractivity contribution is -0.127. The number of urea groups is 1. The minimum absolute atomic E-state index is 0.0176. The Labute approximate surface area is 171 Å². The van der Waals surface area contributed by atoms with Crippen molar-refractivity contribution < 1.29 is 9.59 Å². The van der Waals surface area contributed by atoms with Gasteiger partial charge in [0.1, 0.15) is 0 Å². The normalized spacial score (nSPS) is 18.0. The molecule has 1 saturated heterocycles. The van der Waals surface area contributed by atoms with Crippen molar-refractivity contribution in [1.29, 1.82) is 0 Å². The third-order valence-corrected chi connectivity index (χ3v) is 6.12. The summed E-state index contributed by atoms with van der Waals surface area (Å²) in [4.78, 5) is 28.5. The molecule has 2 N–H and O–H groups in total. The van der Waals surface area contributed by atoms with Crippen LogP contribution in [0.5, 0.6) is 0 Å². The number of aryl methyl sites for hydroxylation is 1. The Bertz CT molecular complexity index is 804. The van der Waals surface area contributed by atoms with Crippen LogP contribution >= 0.6 is 11.3 Å². The van der Waals surface area contributed by atoms with Crippen LogP contribution in [0.1, 0.15) is 43.2 Å². The van der Waals surface area contributed by atoms with Crippen LogP contribution in [0.2, 0.25) is 0 Å². The molecule has 1 aromatic heterocycles. The number of likely N-dealkylation sites (tertiary alicyclic amines) is 1. The Morgan fingerprint density at radius 2 is 2.04 bits per heavy atom. The zero-order chi connectivity index (χ0) is 20.1. The number of carbonyl (C=O) groups excluding carboxylic acids is 2. The number of amides is 3.